The summed E-state index contributed by atoms with van der Waals surface area (Å²) in [6.07, 6.45) is 4.08. The molecule has 16 heavy (non-hydrogen) atoms. The van der Waals surface area contributed by atoms with Crippen LogP contribution in [0.2, 0.25) is 0 Å². The zero-order valence-electron chi connectivity index (χ0n) is 11.0. The second kappa shape index (κ2) is 4.14. The van der Waals surface area contributed by atoms with Gasteiger partial charge in [0.1, 0.15) is 5.60 Å². The number of carbonyl (C=O) groups is 1. The van der Waals surface area contributed by atoms with Crippen molar-refractivity contribution >= 4 is 5.78 Å². The molecular formula is C14H24O2. The van der Waals surface area contributed by atoms with Gasteiger partial charge in [-0.05, 0) is 37.5 Å². The molecule has 2 nitrogen and oxygen atoms in total. The molecule has 0 amide bonds. The largest absolute Gasteiger partial charge is 0.363 e. The second-order valence-electron chi connectivity index (χ2n) is 6.18. The van der Waals surface area contributed by atoms with Crippen molar-refractivity contribution in [2.24, 2.45) is 17.8 Å². The number of hydrogen-bond acceptors (Lipinski definition) is 2. The molecule has 0 bridgehead atoms. The predicted molar refractivity (Wildman–Crippen MR) is 64.2 cm³/mol. The molecule has 0 radical (unpaired) electrons. The van der Waals surface area contributed by atoms with E-state index >= 15 is 0 Å². The summed E-state index contributed by atoms with van der Waals surface area (Å²) in [5.74, 6) is 1.97. The van der Waals surface area contributed by atoms with Gasteiger partial charge in [0.15, 0.2) is 5.78 Å². The van der Waals surface area contributed by atoms with Crippen LogP contribution in [0.3, 0.4) is 0 Å². The van der Waals surface area contributed by atoms with E-state index in [9.17, 15) is 4.79 Å². The van der Waals surface area contributed by atoms with Crippen LogP contribution in [0.4, 0.5) is 0 Å². The van der Waals surface area contributed by atoms with Gasteiger partial charge in [-0.2, -0.15) is 0 Å². The van der Waals surface area contributed by atoms with Crippen LogP contribution in [0.25, 0.3) is 0 Å². The maximum Gasteiger partial charge on any atom is 0.167 e. The molecule has 92 valence electrons. The zero-order valence-corrected chi connectivity index (χ0v) is 11.0. The average molecular weight is 224 g/mol. The Labute approximate surface area is 98.7 Å². The van der Waals surface area contributed by atoms with Gasteiger partial charge in [-0.3, -0.25) is 4.79 Å². The van der Waals surface area contributed by atoms with Crippen LogP contribution in [0, 0.1) is 17.8 Å². The highest BCUT2D eigenvalue weighted by atomic mass is 16.5. The van der Waals surface area contributed by atoms with E-state index in [4.69, 9.17) is 4.74 Å². The molecule has 1 saturated heterocycles. The standard InChI is InChI=1S/C14H24O2/c1-9(2)12-6-5-10(3)8-14(12)13(15)7-11(4)16-14/h9-12H,5-8H2,1-4H3. The van der Waals surface area contributed by atoms with E-state index in [1.165, 1.54) is 6.42 Å². The first-order chi connectivity index (χ1) is 7.45. The molecule has 1 aliphatic heterocycles. The van der Waals surface area contributed by atoms with Gasteiger partial charge in [-0.25, -0.2) is 0 Å². The normalized spacial score (nSPS) is 44.6. The molecule has 2 rings (SSSR count). The van der Waals surface area contributed by atoms with Crippen molar-refractivity contribution in [1.82, 2.24) is 0 Å². The lowest BCUT2D eigenvalue weighted by Gasteiger charge is -2.44. The SMILES string of the molecule is CC1CCC(C(C)C)C2(C1)OC(C)CC2=O. The minimum absolute atomic E-state index is 0.124. The summed E-state index contributed by atoms with van der Waals surface area (Å²) >= 11 is 0. The molecule has 1 spiro atoms. The van der Waals surface area contributed by atoms with E-state index in [0.29, 0.717) is 30.0 Å². The Morgan fingerprint density at radius 2 is 2.00 bits per heavy atom. The van der Waals surface area contributed by atoms with Crippen LogP contribution in [0.15, 0.2) is 0 Å². The summed E-state index contributed by atoms with van der Waals surface area (Å²) in [6.45, 7) is 8.73. The average Bonchev–Trinajstić information content (AvgIpc) is 2.41. The van der Waals surface area contributed by atoms with Crippen molar-refractivity contribution in [3.05, 3.63) is 0 Å². The third kappa shape index (κ3) is 1.81. The Hall–Kier alpha value is -0.370. The van der Waals surface area contributed by atoms with E-state index in [2.05, 4.69) is 20.8 Å². The number of ether oxygens (including phenoxy) is 1. The summed E-state index contributed by atoms with van der Waals surface area (Å²) in [5, 5.41) is 0. The van der Waals surface area contributed by atoms with Crippen LogP contribution in [-0.2, 0) is 9.53 Å². The Morgan fingerprint density at radius 3 is 2.50 bits per heavy atom. The molecule has 1 heterocycles. The van der Waals surface area contributed by atoms with Crippen molar-refractivity contribution in [2.75, 3.05) is 0 Å². The van der Waals surface area contributed by atoms with Gasteiger partial charge < -0.3 is 4.74 Å². The number of ketones is 1. The van der Waals surface area contributed by atoms with Crippen LogP contribution in [0.5, 0.6) is 0 Å². The van der Waals surface area contributed by atoms with Crippen molar-refractivity contribution in [3.8, 4) is 0 Å². The van der Waals surface area contributed by atoms with Gasteiger partial charge in [0, 0.05) is 6.42 Å². The summed E-state index contributed by atoms with van der Waals surface area (Å²) in [4.78, 5) is 12.3. The number of carbonyl (C=O) groups excluding carboxylic acids is 1. The Bertz CT molecular complexity index is 284. The molecule has 0 aromatic heterocycles. The minimum atomic E-state index is -0.425. The van der Waals surface area contributed by atoms with Crippen molar-refractivity contribution in [3.63, 3.8) is 0 Å². The van der Waals surface area contributed by atoms with Gasteiger partial charge in [-0.1, -0.05) is 27.2 Å². The molecule has 0 aromatic rings. The van der Waals surface area contributed by atoms with Crippen molar-refractivity contribution in [1.29, 1.82) is 0 Å². The van der Waals surface area contributed by atoms with Crippen LogP contribution < -0.4 is 0 Å². The second-order valence-corrected chi connectivity index (χ2v) is 6.18. The van der Waals surface area contributed by atoms with Crippen LogP contribution in [0.1, 0.15) is 53.4 Å². The third-order valence-electron chi connectivity index (χ3n) is 4.38. The number of rotatable bonds is 1. The molecule has 4 atom stereocenters. The van der Waals surface area contributed by atoms with E-state index in [-0.39, 0.29) is 6.10 Å². The predicted octanol–water partition coefficient (Wildman–Crippen LogP) is 3.20. The highest BCUT2D eigenvalue weighted by Crippen LogP contribution is 2.48. The maximum absolute atomic E-state index is 12.3. The van der Waals surface area contributed by atoms with Gasteiger partial charge in [0.05, 0.1) is 6.10 Å². The van der Waals surface area contributed by atoms with Crippen LogP contribution >= 0.6 is 0 Å². The quantitative estimate of drug-likeness (QED) is 0.683. The first-order valence-corrected chi connectivity index (χ1v) is 6.67. The summed E-state index contributed by atoms with van der Waals surface area (Å²) < 4.78 is 6.10. The minimum Gasteiger partial charge on any atom is -0.363 e. The fraction of sp³-hybridized carbons (Fsp3) is 0.929. The van der Waals surface area contributed by atoms with Crippen molar-refractivity contribution < 1.29 is 9.53 Å². The first-order valence-electron chi connectivity index (χ1n) is 6.67. The molecule has 0 N–H and O–H groups in total. The Morgan fingerprint density at radius 1 is 1.31 bits per heavy atom. The van der Waals surface area contributed by atoms with Crippen molar-refractivity contribution in [2.45, 2.75) is 65.1 Å². The van der Waals surface area contributed by atoms with Crippen LogP contribution in [-0.4, -0.2) is 17.5 Å². The molecule has 2 aliphatic rings. The van der Waals surface area contributed by atoms with Gasteiger partial charge in [0.2, 0.25) is 0 Å². The fourth-order valence-corrected chi connectivity index (χ4v) is 3.70. The lowest BCUT2D eigenvalue weighted by Crippen LogP contribution is -2.50. The Balaban J connectivity index is 2.29. The summed E-state index contributed by atoms with van der Waals surface area (Å²) in [7, 11) is 0. The van der Waals surface area contributed by atoms with E-state index < -0.39 is 5.60 Å². The zero-order chi connectivity index (χ0) is 11.9. The summed E-state index contributed by atoms with van der Waals surface area (Å²) in [5.41, 5.74) is -0.425. The highest BCUT2D eigenvalue weighted by molar-refractivity contribution is 5.90. The molecular weight excluding hydrogens is 200 g/mol. The lowest BCUT2D eigenvalue weighted by molar-refractivity contribution is -0.153. The van der Waals surface area contributed by atoms with E-state index in [1.807, 2.05) is 6.92 Å². The Kier molecular flexibility index (Phi) is 3.13. The lowest BCUT2D eigenvalue weighted by atomic mass is 9.65. The number of Topliss-reactive ketones (excluding diaryl/α,β-unsaturated/α-hetero) is 1. The van der Waals surface area contributed by atoms with E-state index in [0.717, 1.165) is 12.8 Å². The first kappa shape index (κ1) is 12.1. The molecule has 0 aromatic carbocycles. The molecule has 2 fully saturated rings. The van der Waals surface area contributed by atoms with Gasteiger partial charge in [-0.15, -0.1) is 0 Å². The molecule has 1 aliphatic carbocycles. The molecule has 1 saturated carbocycles. The third-order valence-corrected chi connectivity index (χ3v) is 4.38. The molecule has 2 heteroatoms. The number of hydrogen-bond donors (Lipinski definition) is 0. The van der Waals surface area contributed by atoms with E-state index in [1.54, 1.807) is 0 Å². The monoisotopic (exact) mass is 224 g/mol. The van der Waals surface area contributed by atoms with Gasteiger partial charge >= 0.3 is 0 Å². The topological polar surface area (TPSA) is 26.3 Å². The highest BCUT2D eigenvalue weighted by Gasteiger charge is 2.54. The maximum atomic E-state index is 12.3. The molecule has 4 unspecified atom stereocenters. The smallest absolute Gasteiger partial charge is 0.167 e. The van der Waals surface area contributed by atoms with Gasteiger partial charge in [0.25, 0.3) is 0 Å². The fourth-order valence-electron chi connectivity index (χ4n) is 3.70. The summed E-state index contributed by atoms with van der Waals surface area (Å²) in [6, 6.07) is 0.